The molecule has 0 aliphatic rings. The van der Waals surface area contributed by atoms with Gasteiger partial charge in [0.15, 0.2) is 9.84 Å². The van der Waals surface area contributed by atoms with Gasteiger partial charge in [-0.2, -0.15) is 0 Å². The maximum absolute atomic E-state index is 13.4. The van der Waals surface area contributed by atoms with Crippen LogP contribution in [0.2, 0.25) is 0 Å². The van der Waals surface area contributed by atoms with Crippen LogP contribution in [0.5, 0.6) is 0 Å². The van der Waals surface area contributed by atoms with E-state index in [0.717, 1.165) is 11.8 Å². The van der Waals surface area contributed by atoms with Crippen molar-refractivity contribution in [2.45, 2.75) is 10.9 Å². The Hall–Kier alpha value is -2.25. The molecule has 2 aromatic carbocycles. The number of sulfone groups is 1. The van der Waals surface area contributed by atoms with E-state index in [1.807, 2.05) is 19.0 Å². The number of carbonyl (C=O) groups is 1. The lowest BCUT2D eigenvalue weighted by Crippen LogP contribution is -2.34. The Bertz CT molecular complexity index is 849. The van der Waals surface area contributed by atoms with Crippen molar-refractivity contribution in [3.63, 3.8) is 0 Å². The predicted octanol–water partition coefficient (Wildman–Crippen LogP) is 2.26. The van der Waals surface area contributed by atoms with Gasteiger partial charge in [-0.3, -0.25) is 4.79 Å². The molecule has 0 unspecified atom stereocenters. The third-order valence-electron chi connectivity index (χ3n) is 3.86. The number of carbonyl (C=O) groups excluding carboxylic acids is 1. The van der Waals surface area contributed by atoms with Crippen LogP contribution in [0.15, 0.2) is 53.4 Å². The molecule has 0 aliphatic heterocycles. The molecule has 0 heterocycles. The molecule has 0 saturated carbocycles. The van der Waals surface area contributed by atoms with Crippen LogP contribution in [0.4, 0.5) is 4.39 Å². The summed E-state index contributed by atoms with van der Waals surface area (Å²) in [6.07, 6.45) is 1.11. The Morgan fingerprint density at radius 1 is 1.16 bits per heavy atom. The molecule has 1 atom stereocenters. The summed E-state index contributed by atoms with van der Waals surface area (Å²) in [6.45, 7) is 0.295. The molecule has 7 heteroatoms. The van der Waals surface area contributed by atoms with Gasteiger partial charge in [0.05, 0.1) is 10.9 Å². The lowest BCUT2D eigenvalue weighted by atomic mass is 10.1. The number of amides is 1. The Morgan fingerprint density at radius 2 is 1.80 bits per heavy atom. The molecule has 0 radical (unpaired) electrons. The SMILES string of the molecule is CN(C)[C@@H](CNC(=O)c1ccc(S(C)(=O)=O)cc1)c1cccc(F)c1. The number of rotatable bonds is 6. The third kappa shape index (κ3) is 5.11. The van der Waals surface area contributed by atoms with E-state index in [1.165, 1.54) is 36.4 Å². The second-order valence-corrected chi connectivity index (χ2v) is 8.06. The molecule has 0 fully saturated rings. The summed E-state index contributed by atoms with van der Waals surface area (Å²) in [5.74, 6) is -0.643. The summed E-state index contributed by atoms with van der Waals surface area (Å²) in [4.78, 5) is 14.3. The number of nitrogens with zero attached hydrogens (tertiary/aromatic N) is 1. The Balaban J connectivity index is 2.09. The van der Waals surface area contributed by atoms with Gasteiger partial charge in [0.25, 0.3) is 5.91 Å². The topological polar surface area (TPSA) is 66.5 Å². The summed E-state index contributed by atoms with van der Waals surface area (Å²) in [6, 6.07) is 11.8. The summed E-state index contributed by atoms with van der Waals surface area (Å²) >= 11 is 0. The van der Waals surface area contributed by atoms with Crippen molar-refractivity contribution in [2.75, 3.05) is 26.9 Å². The maximum Gasteiger partial charge on any atom is 0.251 e. The molecule has 0 bridgehead atoms. The molecule has 0 aromatic heterocycles. The molecule has 0 saturated heterocycles. The summed E-state index contributed by atoms with van der Waals surface area (Å²) in [5.41, 5.74) is 1.13. The molecule has 0 spiro atoms. The lowest BCUT2D eigenvalue weighted by Gasteiger charge is -2.25. The van der Waals surface area contributed by atoms with Crippen molar-refractivity contribution in [1.29, 1.82) is 0 Å². The van der Waals surface area contributed by atoms with E-state index in [4.69, 9.17) is 0 Å². The highest BCUT2D eigenvalue weighted by molar-refractivity contribution is 7.90. The van der Waals surface area contributed by atoms with E-state index in [2.05, 4.69) is 5.32 Å². The zero-order chi connectivity index (χ0) is 18.6. The Morgan fingerprint density at radius 3 is 2.32 bits per heavy atom. The van der Waals surface area contributed by atoms with Crippen molar-refractivity contribution in [1.82, 2.24) is 10.2 Å². The fourth-order valence-electron chi connectivity index (χ4n) is 2.46. The fraction of sp³-hybridized carbons (Fsp3) is 0.278. The number of halogens is 1. The minimum absolute atomic E-state index is 0.162. The highest BCUT2D eigenvalue weighted by atomic mass is 32.2. The van der Waals surface area contributed by atoms with Crippen molar-refractivity contribution >= 4 is 15.7 Å². The molecule has 1 amide bonds. The van der Waals surface area contributed by atoms with Gasteiger partial charge in [-0.15, -0.1) is 0 Å². The minimum atomic E-state index is -3.30. The highest BCUT2D eigenvalue weighted by Crippen LogP contribution is 2.18. The monoisotopic (exact) mass is 364 g/mol. The quantitative estimate of drug-likeness (QED) is 0.854. The van der Waals surface area contributed by atoms with Crippen LogP contribution in [0.1, 0.15) is 22.0 Å². The van der Waals surface area contributed by atoms with Crippen LogP contribution in [0, 0.1) is 5.82 Å². The van der Waals surface area contributed by atoms with Crippen LogP contribution >= 0.6 is 0 Å². The Kier molecular flexibility index (Phi) is 5.92. The van der Waals surface area contributed by atoms with Crippen LogP contribution in [-0.4, -0.2) is 46.1 Å². The predicted molar refractivity (Wildman–Crippen MR) is 94.7 cm³/mol. The van der Waals surface area contributed by atoms with Crippen LogP contribution in [0.3, 0.4) is 0 Å². The average Bonchev–Trinajstić information content (AvgIpc) is 2.54. The standard InChI is InChI=1S/C18H21FN2O3S/c1-21(2)17(14-5-4-6-15(19)11-14)12-20-18(22)13-7-9-16(10-8-13)25(3,23)24/h4-11,17H,12H2,1-3H3,(H,20,22)/t17-/m0/s1. The normalized spacial score (nSPS) is 12.8. The number of benzene rings is 2. The van der Waals surface area contributed by atoms with Crippen molar-refractivity contribution in [3.05, 3.63) is 65.5 Å². The van der Waals surface area contributed by atoms with Gasteiger partial charge in [0.1, 0.15) is 5.82 Å². The van der Waals surface area contributed by atoms with E-state index in [9.17, 15) is 17.6 Å². The molecule has 5 nitrogen and oxygen atoms in total. The van der Waals surface area contributed by atoms with Crippen LogP contribution in [-0.2, 0) is 9.84 Å². The number of likely N-dealkylation sites (N-methyl/N-ethyl adjacent to an activating group) is 1. The largest absolute Gasteiger partial charge is 0.350 e. The van der Waals surface area contributed by atoms with Gasteiger partial charge in [0.2, 0.25) is 0 Å². The number of nitrogens with one attached hydrogen (secondary N) is 1. The maximum atomic E-state index is 13.4. The van der Waals surface area contributed by atoms with Crippen molar-refractivity contribution < 1.29 is 17.6 Å². The zero-order valence-electron chi connectivity index (χ0n) is 14.4. The lowest BCUT2D eigenvalue weighted by molar-refractivity contribution is 0.0942. The molecule has 25 heavy (non-hydrogen) atoms. The fourth-order valence-corrected chi connectivity index (χ4v) is 3.09. The van der Waals surface area contributed by atoms with Crippen LogP contribution < -0.4 is 5.32 Å². The van der Waals surface area contributed by atoms with Crippen LogP contribution in [0.25, 0.3) is 0 Å². The van der Waals surface area contributed by atoms with E-state index >= 15 is 0 Å². The minimum Gasteiger partial charge on any atom is -0.350 e. The third-order valence-corrected chi connectivity index (χ3v) is 4.99. The number of hydrogen-bond acceptors (Lipinski definition) is 4. The highest BCUT2D eigenvalue weighted by Gasteiger charge is 2.17. The van der Waals surface area contributed by atoms with Gasteiger partial charge in [-0.25, -0.2) is 12.8 Å². The molecule has 0 aliphatic carbocycles. The molecule has 2 aromatic rings. The van der Waals surface area contributed by atoms with Gasteiger partial charge in [0, 0.05) is 18.4 Å². The molecule has 134 valence electrons. The Labute approximate surface area is 147 Å². The van der Waals surface area contributed by atoms with E-state index in [0.29, 0.717) is 12.1 Å². The van der Waals surface area contributed by atoms with Gasteiger partial charge < -0.3 is 10.2 Å². The number of hydrogen-bond donors (Lipinski definition) is 1. The molecular weight excluding hydrogens is 343 g/mol. The molecule has 1 N–H and O–H groups in total. The molecule has 2 rings (SSSR count). The van der Waals surface area contributed by atoms with E-state index < -0.39 is 9.84 Å². The smallest absolute Gasteiger partial charge is 0.251 e. The first-order chi connectivity index (χ1) is 11.7. The summed E-state index contributed by atoms with van der Waals surface area (Å²) < 4.78 is 36.3. The summed E-state index contributed by atoms with van der Waals surface area (Å²) in [5, 5.41) is 2.80. The second-order valence-electron chi connectivity index (χ2n) is 6.04. The van der Waals surface area contributed by atoms with E-state index in [-0.39, 0.29) is 22.7 Å². The van der Waals surface area contributed by atoms with Gasteiger partial charge in [-0.1, -0.05) is 12.1 Å². The van der Waals surface area contributed by atoms with Gasteiger partial charge >= 0.3 is 0 Å². The first-order valence-electron chi connectivity index (χ1n) is 7.68. The van der Waals surface area contributed by atoms with E-state index in [1.54, 1.807) is 12.1 Å². The summed E-state index contributed by atoms with van der Waals surface area (Å²) in [7, 11) is 0.403. The second kappa shape index (κ2) is 7.76. The van der Waals surface area contributed by atoms with Crippen molar-refractivity contribution in [2.24, 2.45) is 0 Å². The van der Waals surface area contributed by atoms with Crippen molar-refractivity contribution in [3.8, 4) is 0 Å². The molecular formula is C18H21FN2O3S. The van der Waals surface area contributed by atoms with Gasteiger partial charge in [-0.05, 0) is 56.1 Å². The average molecular weight is 364 g/mol. The zero-order valence-corrected chi connectivity index (χ0v) is 15.2. The first kappa shape index (κ1) is 19.1. The first-order valence-corrected chi connectivity index (χ1v) is 9.58.